The number of rotatable bonds is 3. The second kappa shape index (κ2) is 6.05. The van der Waals surface area contributed by atoms with Gasteiger partial charge in [0, 0.05) is 10.6 Å². The summed E-state index contributed by atoms with van der Waals surface area (Å²) >= 11 is 6.26. The lowest BCUT2D eigenvalue weighted by Gasteiger charge is -2.16. The minimum Gasteiger partial charge on any atom is -0.490 e. The first-order chi connectivity index (χ1) is 11.0. The number of benzene rings is 2. The number of hydrogen-bond donors (Lipinski definition) is 1. The fourth-order valence-electron chi connectivity index (χ4n) is 2.64. The predicted molar refractivity (Wildman–Crippen MR) is 94.9 cm³/mol. The van der Waals surface area contributed by atoms with Crippen LogP contribution in [-0.4, -0.2) is 16.1 Å². The maximum Gasteiger partial charge on any atom is 0.138 e. The summed E-state index contributed by atoms with van der Waals surface area (Å²) in [7, 11) is 0. The van der Waals surface area contributed by atoms with E-state index < -0.39 is 0 Å². The van der Waals surface area contributed by atoms with Gasteiger partial charge in [0.25, 0.3) is 0 Å². The third-order valence-corrected chi connectivity index (χ3v) is 4.11. The van der Waals surface area contributed by atoms with Crippen LogP contribution in [-0.2, 0) is 0 Å². The standard InChI is InChI=1S/C18H18ClN3O/c1-10(2)23-15-8-7-13(12-5-4-6-14(19)11(12)3)17-16(15)18(20)22-9-21-17/h4-10H,1-3H3,(H2,20,21,22). The van der Waals surface area contributed by atoms with Gasteiger partial charge < -0.3 is 10.5 Å². The van der Waals surface area contributed by atoms with Crippen LogP contribution in [0.3, 0.4) is 0 Å². The van der Waals surface area contributed by atoms with Gasteiger partial charge in [-0.15, -0.1) is 0 Å². The van der Waals surface area contributed by atoms with Gasteiger partial charge in [-0.25, -0.2) is 9.97 Å². The van der Waals surface area contributed by atoms with E-state index in [9.17, 15) is 0 Å². The average molecular weight is 328 g/mol. The molecule has 1 heterocycles. The Bertz CT molecular complexity index is 878. The highest BCUT2D eigenvalue weighted by molar-refractivity contribution is 6.31. The molecule has 0 aliphatic heterocycles. The van der Waals surface area contributed by atoms with Crippen LogP contribution in [0.5, 0.6) is 5.75 Å². The Labute approximate surface area is 140 Å². The zero-order valence-corrected chi connectivity index (χ0v) is 14.1. The summed E-state index contributed by atoms with van der Waals surface area (Å²) in [6.45, 7) is 5.94. The Morgan fingerprint density at radius 2 is 1.87 bits per heavy atom. The first kappa shape index (κ1) is 15.6. The summed E-state index contributed by atoms with van der Waals surface area (Å²) in [5.41, 5.74) is 9.85. The molecule has 0 bridgehead atoms. The van der Waals surface area contributed by atoms with Crippen molar-refractivity contribution in [2.24, 2.45) is 0 Å². The number of ether oxygens (including phenoxy) is 1. The molecule has 0 radical (unpaired) electrons. The Hall–Kier alpha value is -2.33. The molecule has 0 amide bonds. The molecular formula is C18H18ClN3O. The largest absolute Gasteiger partial charge is 0.490 e. The number of aromatic nitrogens is 2. The van der Waals surface area contributed by atoms with Gasteiger partial charge in [-0.3, -0.25) is 0 Å². The molecule has 0 saturated carbocycles. The number of anilines is 1. The fraction of sp³-hybridized carbons (Fsp3) is 0.222. The molecule has 3 rings (SSSR count). The lowest BCUT2D eigenvalue weighted by atomic mass is 9.97. The molecule has 0 saturated heterocycles. The molecule has 118 valence electrons. The zero-order valence-electron chi connectivity index (χ0n) is 13.3. The van der Waals surface area contributed by atoms with Crippen molar-refractivity contribution in [2.45, 2.75) is 26.9 Å². The first-order valence-electron chi connectivity index (χ1n) is 7.44. The van der Waals surface area contributed by atoms with Crippen molar-refractivity contribution in [2.75, 3.05) is 5.73 Å². The minimum atomic E-state index is 0.0385. The maximum absolute atomic E-state index is 6.26. The van der Waals surface area contributed by atoms with Gasteiger partial charge in [0.15, 0.2) is 0 Å². The molecule has 0 unspecified atom stereocenters. The summed E-state index contributed by atoms with van der Waals surface area (Å²) in [4.78, 5) is 8.55. The summed E-state index contributed by atoms with van der Waals surface area (Å²) in [6, 6.07) is 9.74. The fourth-order valence-corrected chi connectivity index (χ4v) is 2.81. The van der Waals surface area contributed by atoms with E-state index in [4.69, 9.17) is 22.1 Å². The minimum absolute atomic E-state index is 0.0385. The van der Waals surface area contributed by atoms with Crippen LogP contribution >= 0.6 is 11.6 Å². The van der Waals surface area contributed by atoms with Crippen molar-refractivity contribution in [3.05, 3.63) is 47.2 Å². The molecule has 3 aromatic rings. The van der Waals surface area contributed by atoms with Gasteiger partial charge in [0.05, 0.1) is 17.0 Å². The molecule has 2 N–H and O–H groups in total. The summed E-state index contributed by atoms with van der Waals surface area (Å²) in [5, 5.41) is 1.46. The summed E-state index contributed by atoms with van der Waals surface area (Å²) in [6.07, 6.45) is 1.51. The number of halogens is 1. The van der Waals surface area contributed by atoms with Crippen molar-refractivity contribution in [1.29, 1.82) is 0 Å². The highest BCUT2D eigenvalue weighted by Gasteiger charge is 2.16. The normalized spacial score (nSPS) is 11.2. The molecule has 2 aromatic carbocycles. The number of nitrogen functional groups attached to an aromatic ring is 1. The topological polar surface area (TPSA) is 61.0 Å². The molecule has 0 spiro atoms. The molecule has 0 aliphatic carbocycles. The van der Waals surface area contributed by atoms with Crippen LogP contribution in [0.25, 0.3) is 22.0 Å². The Morgan fingerprint density at radius 3 is 2.61 bits per heavy atom. The smallest absolute Gasteiger partial charge is 0.138 e. The van der Waals surface area contributed by atoms with E-state index in [0.29, 0.717) is 11.6 Å². The molecule has 0 aliphatic rings. The highest BCUT2D eigenvalue weighted by atomic mass is 35.5. The SMILES string of the molecule is Cc1c(Cl)cccc1-c1ccc(OC(C)C)c2c(N)ncnc12. The average Bonchev–Trinajstić information content (AvgIpc) is 2.50. The van der Waals surface area contributed by atoms with Crippen LogP contribution in [0.1, 0.15) is 19.4 Å². The summed E-state index contributed by atoms with van der Waals surface area (Å²) in [5.74, 6) is 1.10. The van der Waals surface area contributed by atoms with Crippen molar-refractivity contribution in [3.8, 4) is 16.9 Å². The van der Waals surface area contributed by atoms with E-state index in [0.717, 1.165) is 32.6 Å². The van der Waals surface area contributed by atoms with Crippen molar-refractivity contribution in [1.82, 2.24) is 9.97 Å². The van der Waals surface area contributed by atoms with Gasteiger partial charge in [-0.2, -0.15) is 0 Å². The quantitative estimate of drug-likeness (QED) is 0.762. The zero-order chi connectivity index (χ0) is 16.6. The molecule has 0 fully saturated rings. The molecule has 0 atom stereocenters. The molecule has 1 aromatic heterocycles. The van der Waals surface area contributed by atoms with Crippen LogP contribution < -0.4 is 10.5 Å². The third kappa shape index (κ3) is 2.82. The van der Waals surface area contributed by atoms with Gasteiger partial charge in [-0.05, 0) is 50.1 Å². The second-order valence-electron chi connectivity index (χ2n) is 5.67. The van der Waals surface area contributed by atoms with Crippen molar-refractivity contribution >= 4 is 28.3 Å². The molecule has 23 heavy (non-hydrogen) atoms. The molecule has 4 nitrogen and oxygen atoms in total. The van der Waals surface area contributed by atoms with E-state index in [2.05, 4.69) is 9.97 Å². The van der Waals surface area contributed by atoms with Gasteiger partial charge in [0.1, 0.15) is 17.9 Å². The highest BCUT2D eigenvalue weighted by Crippen LogP contribution is 2.38. The monoisotopic (exact) mass is 327 g/mol. The van der Waals surface area contributed by atoms with Crippen LogP contribution in [0.15, 0.2) is 36.7 Å². The van der Waals surface area contributed by atoms with Gasteiger partial charge in [0.2, 0.25) is 0 Å². The number of fused-ring (bicyclic) bond motifs is 1. The lowest BCUT2D eigenvalue weighted by molar-refractivity contribution is 0.245. The number of hydrogen-bond acceptors (Lipinski definition) is 4. The Morgan fingerprint density at radius 1 is 1.09 bits per heavy atom. The second-order valence-corrected chi connectivity index (χ2v) is 6.08. The van der Waals surface area contributed by atoms with E-state index in [1.165, 1.54) is 6.33 Å². The predicted octanol–water partition coefficient (Wildman–Crippen LogP) is 4.63. The van der Waals surface area contributed by atoms with Crippen molar-refractivity contribution in [3.63, 3.8) is 0 Å². The van der Waals surface area contributed by atoms with Crippen LogP contribution in [0, 0.1) is 6.92 Å². The van der Waals surface area contributed by atoms with E-state index in [1.807, 2.05) is 51.1 Å². The molecule has 5 heteroatoms. The van der Waals surface area contributed by atoms with E-state index in [-0.39, 0.29) is 6.10 Å². The third-order valence-electron chi connectivity index (χ3n) is 3.70. The maximum atomic E-state index is 6.26. The number of nitrogens with two attached hydrogens (primary N) is 1. The Balaban J connectivity index is 2.32. The Kier molecular flexibility index (Phi) is 4.09. The number of nitrogens with zero attached hydrogens (tertiary/aromatic N) is 2. The lowest BCUT2D eigenvalue weighted by Crippen LogP contribution is -2.07. The van der Waals surface area contributed by atoms with Crippen molar-refractivity contribution < 1.29 is 4.74 Å². The van der Waals surface area contributed by atoms with E-state index in [1.54, 1.807) is 0 Å². The molecular weight excluding hydrogens is 310 g/mol. The van der Waals surface area contributed by atoms with Crippen LogP contribution in [0.4, 0.5) is 5.82 Å². The van der Waals surface area contributed by atoms with Gasteiger partial charge >= 0.3 is 0 Å². The van der Waals surface area contributed by atoms with E-state index >= 15 is 0 Å². The summed E-state index contributed by atoms with van der Waals surface area (Å²) < 4.78 is 5.87. The van der Waals surface area contributed by atoms with Gasteiger partial charge in [-0.1, -0.05) is 23.7 Å². The first-order valence-corrected chi connectivity index (χ1v) is 7.82. The van der Waals surface area contributed by atoms with Crippen LogP contribution in [0.2, 0.25) is 5.02 Å².